The van der Waals surface area contributed by atoms with E-state index in [1.54, 1.807) is 0 Å². The highest BCUT2D eigenvalue weighted by Crippen LogP contribution is 2.25. The Hall–Kier alpha value is -0.660. The zero-order chi connectivity index (χ0) is 15.7. The van der Waals surface area contributed by atoms with E-state index in [1.165, 1.54) is 0 Å². The lowest BCUT2D eigenvalue weighted by Crippen LogP contribution is -2.54. The Morgan fingerprint density at radius 3 is 2.52 bits per heavy atom. The van der Waals surface area contributed by atoms with Crippen molar-refractivity contribution >= 4 is 15.7 Å². The number of amides is 1. The summed E-state index contributed by atoms with van der Waals surface area (Å²) in [7, 11) is -0.883. The van der Waals surface area contributed by atoms with Crippen LogP contribution in [0.5, 0.6) is 0 Å². The van der Waals surface area contributed by atoms with Crippen LogP contribution >= 0.6 is 0 Å². The Morgan fingerprint density at radius 1 is 1.38 bits per heavy atom. The van der Waals surface area contributed by atoms with E-state index in [-0.39, 0.29) is 17.7 Å². The van der Waals surface area contributed by atoms with E-state index in [0.717, 1.165) is 25.8 Å². The molecule has 0 radical (unpaired) electrons. The summed E-state index contributed by atoms with van der Waals surface area (Å²) in [6.07, 6.45) is 4.45. The number of hydrogen-bond acceptors (Lipinski definition) is 5. The van der Waals surface area contributed by atoms with Gasteiger partial charge in [-0.05, 0) is 52.6 Å². The fourth-order valence-electron chi connectivity index (χ4n) is 2.93. The molecule has 7 heteroatoms. The fraction of sp³-hybridized carbons (Fsp3) is 0.929. The van der Waals surface area contributed by atoms with Crippen LogP contribution in [-0.2, 0) is 14.6 Å². The van der Waals surface area contributed by atoms with Crippen LogP contribution in [0.2, 0.25) is 0 Å². The number of carbonyl (C=O) groups excluding carboxylic acids is 1. The first-order chi connectivity index (χ1) is 9.72. The molecule has 0 aromatic heterocycles. The third-order valence-electron chi connectivity index (χ3n) is 4.66. The van der Waals surface area contributed by atoms with Gasteiger partial charge in [0, 0.05) is 12.1 Å². The topological polar surface area (TPSA) is 92.5 Å². The summed E-state index contributed by atoms with van der Waals surface area (Å²) in [5.74, 6) is 0.252. The van der Waals surface area contributed by atoms with E-state index < -0.39 is 15.4 Å². The minimum Gasteiger partial charge on any atom is -0.368 e. The summed E-state index contributed by atoms with van der Waals surface area (Å²) in [6.45, 7) is 2.66. The molecule has 1 aliphatic carbocycles. The van der Waals surface area contributed by atoms with E-state index >= 15 is 0 Å². The minimum absolute atomic E-state index is 0.117. The van der Waals surface area contributed by atoms with E-state index in [2.05, 4.69) is 10.2 Å². The molecule has 2 atom stereocenters. The molecule has 6 nitrogen and oxygen atoms in total. The molecule has 0 aromatic carbocycles. The zero-order valence-corrected chi connectivity index (χ0v) is 13.8. The Bertz CT molecular complexity index is 490. The first-order valence-electron chi connectivity index (χ1n) is 7.70. The lowest BCUT2D eigenvalue weighted by atomic mass is 9.94. The lowest BCUT2D eigenvalue weighted by molar-refractivity contribution is -0.124. The Kier molecular flexibility index (Phi) is 4.95. The van der Waals surface area contributed by atoms with Crippen molar-refractivity contribution in [3.05, 3.63) is 0 Å². The molecule has 21 heavy (non-hydrogen) atoms. The smallest absolute Gasteiger partial charge is 0.237 e. The van der Waals surface area contributed by atoms with Gasteiger partial charge in [-0.25, -0.2) is 8.42 Å². The maximum absolute atomic E-state index is 11.7. The monoisotopic (exact) mass is 317 g/mol. The summed E-state index contributed by atoms with van der Waals surface area (Å²) < 4.78 is 23.0. The molecule has 0 bridgehead atoms. The molecular formula is C14H27N3O3S. The average Bonchev–Trinajstić information content (AvgIpc) is 3.10. The Balaban J connectivity index is 1.78. The van der Waals surface area contributed by atoms with Gasteiger partial charge < -0.3 is 16.0 Å². The van der Waals surface area contributed by atoms with Gasteiger partial charge in [0.25, 0.3) is 0 Å². The van der Waals surface area contributed by atoms with Crippen LogP contribution in [0, 0.1) is 0 Å². The van der Waals surface area contributed by atoms with Gasteiger partial charge in [-0.3, -0.25) is 4.79 Å². The number of primary amides is 1. The van der Waals surface area contributed by atoms with Crippen LogP contribution in [0.1, 0.15) is 39.0 Å². The summed E-state index contributed by atoms with van der Waals surface area (Å²) >= 11 is 0. The fourth-order valence-corrected chi connectivity index (χ4v) is 4.74. The largest absolute Gasteiger partial charge is 0.368 e. The van der Waals surface area contributed by atoms with E-state index in [9.17, 15) is 13.2 Å². The number of nitrogens with two attached hydrogens (primary N) is 1. The molecule has 2 fully saturated rings. The van der Waals surface area contributed by atoms with Gasteiger partial charge in [0.2, 0.25) is 5.91 Å². The van der Waals surface area contributed by atoms with Crippen LogP contribution in [0.15, 0.2) is 0 Å². The van der Waals surface area contributed by atoms with E-state index in [4.69, 9.17) is 5.73 Å². The van der Waals surface area contributed by atoms with Gasteiger partial charge in [-0.2, -0.15) is 0 Å². The summed E-state index contributed by atoms with van der Waals surface area (Å²) in [5, 5.41) is 3.33. The van der Waals surface area contributed by atoms with Crippen LogP contribution < -0.4 is 11.1 Å². The SMILES string of the molecule is CN(CCCC(C)(NC1CC1)C(N)=O)C1CCS(=O)(=O)C1. The first-order valence-corrected chi connectivity index (χ1v) is 9.52. The number of hydrogen-bond donors (Lipinski definition) is 2. The van der Waals surface area contributed by atoms with Gasteiger partial charge in [-0.1, -0.05) is 0 Å². The predicted molar refractivity (Wildman–Crippen MR) is 82.7 cm³/mol. The quantitative estimate of drug-likeness (QED) is 0.651. The molecular weight excluding hydrogens is 290 g/mol. The lowest BCUT2D eigenvalue weighted by Gasteiger charge is -2.29. The van der Waals surface area contributed by atoms with Crippen LogP contribution in [-0.4, -0.2) is 61.9 Å². The van der Waals surface area contributed by atoms with Crippen LogP contribution in [0.3, 0.4) is 0 Å². The third-order valence-corrected chi connectivity index (χ3v) is 6.41. The molecule has 122 valence electrons. The molecule has 1 heterocycles. The van der Waals surface area contributed by atoms with Crippen LogP contribution in [0.4, 0.5) is 0 Å². The van der Waals surface area contributed by atoms with Gasteiger partial charge in [0.15, 0.2) is 9.84 Å². The molecule has 3 N–H and O–H groups in total. The van der Waals surface area contributed by atoms with Gasteiger partial charge in [0.05, 0.1) is 17.0 Å². The summed E-state index contributed by atoms with van der Waals surface area (Å²) in [6, 6.07) is 0.548. The average molecular weight is 317 g/mol. The Morgan fingerprint density at radius 2 is 2.05 bits per heavy atom. The normalized spacial score (nSPS) is 27.7. The van der Waals surface area contributed by atoms with Crippen molar-refractivity contribution < 1.29 is 13.2 Å². The molecule has 1 saturated heterocycles. The van der Waals surface area contributed by atoms with Crippen molar-refractivity contribution in [3.8, 4) is 0 Å². The third kappa shape index (κ3) is 4.66. The highest BCUT2D eigenvalue weighted by Gasteiger charge is 2.37. The first kappa shape index (κ1) is 16.7. The minimum atomic E-state index is -2.84. The van der Waals surface area contributed by atoms with E-state index in [1.807, 2.05) is 14.0 Å². The van der Waals surface area contributed by atoms with Gasteiger partial charge in [0.1, 0.15) is 0 Å². The number of rotatable bonds is 8. The van der Waals surface area contributed by atoms with Crippen molar-refractivity contribution in [3.63, 3.8) is 0 Å². The van der Waals surface area contributed by atoms with Crippen molar-refractivity contribution in [2.24, 2.45) is 5.73 Å². The summed E-state index contributed by atoms with van der Waals surface area (Å²) in [5.41, 5.74) is 4.88. The molecule has 2 aliphatic rings. The maximum atomic E-state index is 11.7. The second-order valence-electron chi connectivity index (χ2n) is 6.76. The maximum Gasteiger partial charge on any atom is 0.237 e. The molecule has 0 spiro atoms. The molecule has 2 rings (SSSR count). The second-order valence-corrected chi connectivity index (χ2v) is 8.98. The molecule has 1 aliphatic heterocycles. The van der Waals surface area contributed by atoms with Crippen molar-refractivity contribution in [1.82, 2.24) is 10.2 Å². The molecule has 1 amide bonds. The van der Waals surface area contributed by atoms with E-state index in [0.29, 0.717) is 24.6 Å². The molecule has 0 aromatic rings. The van der Waals surface area contributed by atoms with Gasteiger partial charge in [-0.15, -0.1) is 0 Å². The van der Waals surface area contributed by atoms with Gasteiger partial charge >= 0.3 is 0 Å². The summed E-state index contributed by atoms with van der Waals surface area (Å²) in [4.78, 5) is 13.8. The van der Waals surface area contributed by atoms with Crippen molar-refractivity contribution in [2.45, 2.75) is 56.7 Å². The number of nitrogens with zero attached hydrogens (tertiary/aromatic N) is 1. The zero-order valence-electron chi connectivity index (χ0n) is 13.0. The molecule has 1 saturated carbocycles. The standard InChI is InChI=1S/C14H27N3O3S/c1-14(13(15)18,16-11-4-5-11)7-3-8-17(2)12-6-9-21(19,20)10-12/h11-12,16H,3-10H2,1-2H3,(H2,15,18). The highest BCUT2D eigenvalue weighted by molar-refractivity contribution is 7.91. The predicted octanol–water partition coefficient (Wildman–Crippen LogP) is -0.118. The highest BCUT2D eigenvalue weighted by atomic mass is 32.2. The number of nitrogens with one attached hydrogen (secondary N) is 1. The van der Waals surface area contributed by atoms with Crippen LogP contribution in [0.25, 0.3) is 0 Å². The number of sulfone groups is 1. The molecule has 2 unspecified atom stereocenters. The Labute approximate surface area is 127 Å². The second kappa shape index (κ2) is 6.22. The number of carbonyl (C=O) groups is 1. The van der Waals surface area contributed by atoms with Crippen molar-refractivity contribution in [1.29, 1.82) is 0 Å². The van der Waals surface area contributed by atoms with Crippen molar-refractivity contribution in [2.75, 3.05) is 25.1 Å².